The van der Waals surface area contributed by atoms with Crippen LogP contribution in [0.15, 0.2) is 47.4 Å². The van der Waals surface area contributed by atoms with E-state index in [1.54, 1.807) is 6.07 Å². The summed E-state index contributed by atoms with van der Waals surface area (Å²) >= 11 is 0. The number of benzene rings is 2. The lowest BCUT2D eigenvalue weighted by Crippen LogP contribution is -2.41. The Hall–Kier alpha value is -2.43. The highest BCUT2D eigenvalue weighted by atomic mass is 32.2. The number of sulfonamides is 1. The molecule has 0 aromatic heterocycles. The molecule has 162 valence electrons. The predicted molar refractivity (Wildman–Crippen MR) is 105 cm³/mol. The summed E-state index contributed by atoms with van der Waals surface area (Å²) in [6.07, 6.45) is -4.01. The van der Waals surface area contributed by atoms with Crippen molar-refractivity contribution in [2.24, 2.45) is 0 Å². The number of carbonyl (C=O) groups is 1. The summed E-state index contributed by atoms with van der Waals surface area (Å²) in [5.41, 5.74) is 0.0170. The zero-order valence-electron chi connectivity index (χ0n) is 16.2. The number of halogens is 3. The van der Waals surface area contributed by atoms with Gasteiger partial charge in [0.1, 0.15) is 0 Å². The van der Waals surface area contributed by atoms with Crippen molar-refractivity contribution in [2.75, 3.05) is 31.6 Å². The maximum absolute atomic E-state index is 13.1. The Morgan fingerprint density at radius 3 is 2.30 bits per heavy atom. The van der Waals surface area contributed by atoms with Gasteiger partial charge in [-0.15, -0.1) is 0 Å². The smallest absolute Gasteiger partial charge is 0.379 e. The molecular weight excluding hydrogens is 421 g/mol. The highest BCUT2D eigenvalue weighted by Crippen LogP contribution is 2.30. The summed E-state index contributed by atoms with van der Waals surface area (Å²) in [7, 11) is -3.81. The molecule has 30 heavy (non-hydrogen) atoms. The van der Waals surface area contributed by atoms with E-state index in [2.05, 4.69) is 5.32 Å². The lowest BCUT2D eigenvalue weighted by atomic mass is 10.1. The molecule has 0 atom stereocenters. The maximum Gasteiger partial charge on any atom is 0.416 e. The van der Waals surface area contributed by atoms with Crippen molar-refractivity contribution >= 4 is 21.6 Å². The van der Waals surface area contributed by atoms with Crippen LogP contribution < -0.4 is 5.32 Å². The van der Waals surface area contributed by atoms with E-state index >= 15 is 0 Å². The molecule has 10 heteroatoms. The fraction of sp³-hybridized carbons (Fsp3) is 0.350. The third-order valence-corrected chi connectivity index (χ3v) is 6.75. The summed E-state index contributed by atoms with van der Waals surface area (Å²) in [6.45, 7) is 2.88. The molecule has 1 aliphatic heterocycles. The minimum absolute atomic E-state index is 0.0481. The number of hydrogen-bond acceptors (Lipinski definition) is 4. The molecule has 6 nitrogen and oxygen atoms in total. The second-order valence-electron chi connectivity index (χ2n) is 6.72. The van der Waals surface area contributed by atoms with Crippen LogP contribution in [0, 0.1) is 0 Å². The molecular formula is C20H21F3N2O4S. The SMILES string of the molecule is CCc1ccc(C(=O)Nc2ccc(C(F)(F)F)cc2)cc1S(=O)(=O)N1CCOCC1. The first kappa shape index (κ1) is 22.3. The summed E-state index contributed by atoms with van der Waals surface area (Å²) in [5, 5.41) is 2.50. The largest absolute Gasteiger partial charge is 0.416 e. The Balaban J connectivity index is 1.86. The number of amides is 1. The molecule has 3 rings (SSSR count). The number of aryl methyl sites for hydroxylation is 1. The average Bonchev–Trinajstić information content (AvgIpc) is 2.73. The van der Waals surface area contributed by atoms with Gasteiger partial charge >= 0.3 is 6.18 Å². The van der Waals surface area contributed by atoms with Crippen LogP contribution in [0.3, 0.4) is 0 Å². The number of alkyl halides is 3. The van der Waals surface area contributed by atoms with Gasteiger partial charge in [-0.2, -0.15) is 17.5 Å². The summed E-state index contributed by atoms with van der Waals surface area (Å²) in [4.78, 5) is 12.6. The normalized spacial score (nSPS) is 15.7. The molecule has 1 saturated heterocycles. The van der Waals surface area contributed by atoms with E-state index in [1.165, 1.54) is 16.4 Å². The molecule has 2 aromatic rings. The fourth-order valence-corrected chi connectivity index (χ4v) is 4.83. The number of nitrogens with one attached hydrogen (secondary N) is 1. The summed E-state index contributed by atoms with van der Waals surface area (Å²) < 4.78 is 70.7. The van der Waals surface area contributed by atoms with E-state index < -0.39 is 27.7 Å². The number of anilines is 1. The average molecular weight is 442 g/mol. The van der Waals surface area contributed by atoms with Gasteiger partial charge in [-0.05, 0) is 48.4 Å². The Morgan fingerprint density at radius 2 is 1.73 bits per heavy atom. The third kappa shape index (κ3) is 4.82. The fourth-order valence-electron chi connectivity index (χ4n) is 3.10. The molecule has 0 spiro atoms. The molecule has 1 amide bonds. The second-order valence-corrected chi connectivity index (χ2v) is 8.63. The van der Waals surface area contributed by atoms with Gasteiger partial charge < -0.3 is 10.1 Å². The van der Waals surface area contributed by atoms with Gasteiger partial charge in [0.25, 0.3) is 5.91 Å². The summed E-state index contributed by atoms with van der Waals surface area (Å²) in [5.74, 6) is -0.615. The van der Waals surface area contributed by atoms with Crippen LogP contribution in [0.4, 0.5) is 18.9 Å². The van der Waals surface area contributed by atoms with Crippen LogP contribution in [-0.2, 0) is 27.4 Å². The Kier molecular flexibility index (Phi) is 6.49. The van der Waals surface area contributed by atoms with E-state index in [0.717, 1.165) is 24.3 Å². The molecule has 0 saturated carbocycles. The van der Waals surface area contributed by atoms with Crippen molar-refractivity contribution in [1.29, 1.82) is 0 Å². The van der Waals surface area contributed by atoms with Gasteiger partial charge in [-0.25, -0.2) is 8.42 Å². The minimum Gasteiger partial charge on any atom is -0.379 e. The molecule has 1 aliphatic rings. The number of rotatable bonds is 5. The molecule has 0 unspecified atom stereocenters. The van der Waals surface area contributed by atoms with Crippen LogP contribution in [0.2, 0.25) is 0 Å². The number of hydrogen-bond donors (Lipinski definition) is 1. The van der Waals surface area contributed by atoms with Gasteiger partial charge in [0, 0.05) is 24.3 Å². The van der Waals surface area contributed by atoms with Crippen molar-refractivity contribution in [3.63, 3.8) is 0 Å². The van der Waals surface area contributed by atoms with Gasteiger partial charge in [0.2, 0.25) is 10.0 Å². The third-order valence-electron chi connectivity index (χ3n) is 4.77. The van der Waals surface area contributed by atoms with Crippen LogP contribution in [0.5, 0.6) is 0 Å². The number of carbonyl (C=O) groups excluding carboxylic acids is 1. The number of ether oxygens (including phenoxy) is 1. The van der Waals surface area contributed by atoms with Crippen molar-refractivity contribution in [2.45, 2.75) is 24.4 Å². The standard InChI is InChI=1S/C20H21F3N2O4S/c1-2-14-3-4-15(13-18(14)30(27,28)25-9-11-29-12-10-25)19(26)24-17-7-5-16(6-8-17)20(21,22)23/h3-8,13H,2,9-12H2,1H3,(H,24,26). The van der Waals surface area contributed by atoms with Gasteiger partial charge in [0.05, 0.1) is 23.7 Å². The monoisotopic (exact) mass is 442 g/mol. The topological polar surface area (TPSA) is 75.7 Å². The zero-order chi connectivity index (χ0) is 21.9. The Morgan fingerprint density at radius 1 is 1.10 bits per heavy atom. The van der Waals surface area contributed by atoms with Crippen molar-refractivity contribution in [3.05, 3.63) is 59.2 Å². The van der Waals surface area contributed by atoms with Crippen molar-refractivity contribution in [3.8, 4) is 0 Å². The van der Waals surface area contributed by atoms with E-state index in [9.17, 15) is 26.4 Å². The zero-order valence-corrected chi connectivity index (χ0v) is 17.0. The van der Waals surface area contributed by atoms with Crippen molar-refractivity contribution < 1.29 is 31.1 Å². The molecule has 1 heterocycles. The maximum atomic E-state index is 13.1. The first-order valence-corrected chi connectivity index (χ1v) is 10.8. The molecule has 0 radical (unpaired) electrons. The van der Waals surface area contributed by atoms with E-state index in [0.29, 0.717) is 25.2 Å². The van der Waals surface area contributed by atoms with Gasteiger partial charge in [-0.3, -0.25) is 4.79 Å². The number of nitrogens with zero attached hydrogens (tertiary/aromatic N) is 1. The molecule has 1 fully saturated rings. The lowest BCUT2D eigenvalue weighted by Gasteiger charge is -2.27. The molecule has 1 N–H and O–H groups in total. The first-order valence-electron chi connectivity index (χ1n) is 9.32. The number of morpholine rings is 1. The Bertz CT molecular complexity index is 1020. The second kappa shape index (κ2) is 8.75. The van der Waals surface area contributed by atoms with Crippen molar-refractivity contribution in [1.82, 2.24) is 4.31 Å². The minimum atomic E-state index is -4.47. The van der Waals surface area contributed by atoms with E-state index in [4.69, 9.17) is 4.74 Å². The highest BCUT2D eigenvalue weighted by molar-refractivity contribution is 7.89. The quantitative estimate of drug-likeness (QED) is 0.769. The Labute approximate surface area is 172 Å². The molecule has 0 aliphatic carbocycles. The summed E-state index contributed by atoms with van der Waals surface area (Å²) in [6, 6.07) is 8.40. The molecule has 0 bridgehead atoms. The van der Waals surface area contributed by atoms with Crippen LogP contribution in [0.25, 0.3) is 0 Å². The first-order chi connectivity index (χ1) is 14.1. The van der Waals surface area contributed by atoms with Gasteiger partial charge in [0.15, 0.2) is 0 Å². The van der Waals surface area contributed by atoms with E-state index in [1.807, 2.05) is 6.92 Å². The van der Waals surface area contributed by atoms with E-state index in [-0.39, 0.29) is 29.2 Å². The predicted octanol–water partition coefficient (Wildman–Crippen LogP) is 3.54. The van der Waals surface area contributed by atoms with Crippen LogP contribution in [0.1, 0.15) is 28.4 Å². The highest BCUT2D eigenvalue weighted by Gasteiger charge is 2.30. The lowest BCUT2D eigenvalue weighted by molar-refractivity contribution is -0.137. The molecule has 2 aromatic carbocycles. The van der Waals surface area contributed by atoms with Gasteiger partial charge in [-0.1, -0.05) is 13.0 Å². The van der Waals surface area contributed by atoms with Crippen LogP contribution >= 0.6 is 0 Å². The van der Waals surface area contributed by atoms with Crippen LogP contribution in [-0.4, -0.2) is 44.9 Å².